The van der Waals surface area contributed by atoms with Crippen molar-refractivity contribution in [3.63, 3.8) is 0 Å². The second-order valence-corrected chi connectivity index (χ2v) is 3.48. The van der Waals surface area contributed by atoms with Gasteiger partial charge in [0.05, 0.1) is 5.41 Å². The van der Waals surface area contributed by atoms with Gasteiger partial charge in [0.1, 0.15) is 0 Å². The molecule has 0 radical (unpaired) electrons. The van der Waals surface area contributed by atoms with E-state index >= 15 is 0 Å². The van der Waals surface area contributed by atoms with Gasteiger partial charge in [-0.2, -0.15) is 9.13 Å². The first-order valence-corrected chi connectivity index (χ1v) is 3.80. The molecule has 5 heteroatoms. The van der Waals surface area contributed by atoms with Crippen molar-refractivity contribution >= 4 is 13.9 Å². The van der Waals surface area contributed by atoms with Crippen LogP contribution in [-0.2, 0) is 18.4 Å². The van der Waals surface area contributed by atoms with Crippen LogP contribution in [-0.4, -0.2) is 5.97 Å². The standard InChI is InChI=1S/C5H9O4P/c1-5(2,3)4(6)9-10(7)8/h1-3H3. The van der Waals surface area contributed by atoms with Gasteiger partial charge in [0.2, 0.25) is 0 Å². The fraction of sp³-hybridized carbons (Fsp3) is 0.800. The highest BCUT2D eigenvalue weighted by Gasteiger charge is 2.24. The van der Waals surface area contributed by atoms with Gasteiger partial charge in [0.15, 0.2) is 0 Å². The Morgan fingerprint density at radius 1 is 1.30 bits per heavy atom. The Morgan fingerprint density at radius 2 is 1.70 bits per heavy atom. The van der Waals surface area contributed by atoms with Crippen molar-refractivity contribution in [1.82, 2.24) is 0 Å². The molecule has 0 aliphatic rings. The molecule has 0 aliphatic carbocycles. The average molecular weight is 164 g/mol. The highest BCUT2D eigenvalue weighted by atomic mass is 31.1. The summed E-state index contributed by atoms with van der Waals surface area (Å²) in [7, 11) is -3.05. The zero-order valence-corrected chi connectivity index (χ0v) is 6.97. The molecular formula is C5H9O4P. The van der Waals surface area contributed by atoms with E-state index in [1.807, 2.05) is 0 Å². The van der Waals surface area contributed by atoms with E-state index < -0.39 is 19.3 Å². The van der Waals surface area contributed by atoms with Crippen molar-refractivity contribution in [3.8, 4) is 0 Å². The van der Waals surface area contributed by atoms with Crippen molar-refractivity contribution in [2.75, 3.05) is 0 Å². The van der Waals surface area contributed by atoms with Crippen LogP contribution in [0, 0.1) is 5.41 Å². The van der Waals surface area contributed by atoms with Gasteiger partial charge in [0.25, 0.3) is 0 Å². The van der Waals surface area contributed by atoms with E-state index in [-0.39, 0.29) is 0 Å². The molecule has 0 saturated heterocycles. The number of carbonyl (C=O) groups is 1. The van der Waals surface area contributed by atoms with Crippen LogP contribution in [0.1, 0.15) is 20.8 Å². The number of rotatable bonds is 1. The van der Waals surface area contributed by atoms with E-state index in [0.29, 0.717) is 0 Å². The Kier molecular flexibility index (Phi) is 2.78. The molecule has 0 aliphatic heterocycles. The van der Waals surface area contributed by atoms with Crippen molar-refractivity contribution in [3.05, 3.63) is 0 Å². The number of hydrogen-bond acceptors (Lipinski definition) is 4. The van der Waals surface area contributed by atoms with E-state index in [9.17, 15) is 13.9 Å². The molecule has 0 N–H and O–H groups in total. The van der Waals surface area contributed by atoms with Crippen LogP contribution in [0.25, 0.3) is 0 Å². The SMILES string of the molecule is CC(C)(C)C(=O)OP(=O)=O. The Labute approximate surface area is 59.5 Å². The van der Waals surface area contributed by atoms with Crippen LogP contribution in [0.15, 0.2) is 0 Å². The van der Waals surface area contributed by atoms with E-state index in [0.717, 1.165) is 0 Å². The lowest BCUT2D eigenvalue weighted by atomic mass is 9.98. The summed E-state index contributed by atoms with van der Waals surface area (Å²) in [6, 6.07) is 0. The normalized spacial score (nSPS) is 10.7. The molecule has 0 unspecified atom stereocenters. The third-order valence-corrected chi connectivity index (χ3v) is 1.08. The molecule has 0 aromatic heterocycles. The van der Waals surface area contributed by atoms with E-state index in [4.69, 9.17) is 0 Å². The molecule has 0 aromatic rings. The third-order valence-electron chi connectivity index (χ3n) is 0.770. The van der Waals surface area contributed by atoms with Gasteiger partial charge in [-0.3, -0.25) is 4.79 Å². The number of carbonyl (C=O) groups excluding carboxylic acids is 1. The van der Waals surface area contributed by atoms with Gasteiger partial charge in [-0.15, -0.1) is 0 Å². The lowest BCUT2D eigenvalue weighted by Gasteiger charge is -2.11. The molecular weight excluding hydrogens is 155 g/mol. The molecule has 0 aromatic carbocycles. The van der Waals surface area contributed by atoms with E-state index in [1.54, 1.807) is 20.8 Å². The van der Waals surface area contributed by atoms with Crippen molar-refractivity contribution < 1.29 is 18.4 Å². The summed E-state index contributed by atoms with van der Waals surface area (Å²) in [5.74, 6) is -0.733. The average Bonchev–Trinajstić information content (AvgIpc) is 1.60. The van der Waals surface area contributed by atoms with Gasteiger partial charge in [0, 0.05) is 0 Å². The lowest BCUT2D eigenvalue weighted by Crippen LogP contribution is -2.19. The Morgan fingerprint density at radius 3 is 1.80 bits per heavy atom. The minimum absolute atomic E-state index is 0.733. The maximum atomic E-state index is 10.7. The topological polar surface area (TPSA) is 60.4 Å². The Balaban J connectivity index is 4.12. The molecule has 0 amide bonds. The smallest absolute Gasteiger partial charge is 0.351 e. The van der Waals surface area contributed by atoms with Crippen molar-refractivity contribution in [2.24, 2.45) is 5.41 Å². The van der Waals surface area contributed by atoms with Crippen molar-refractivity contribution in [1.29, 1.82) is 0 Å². The quantitative estimate of drug-likeness (QED) is 0.553. The molecule has 10 heavy (non-hydrogen) atoms. The van der Waals surface area contributed by atoms with Crippen LogP contribution in [0.4, 0.5) is 0 Å². The first kappa shape index (κ1) is 9.37. The second kappa shape index (κ2) is 2.97. The molecule has 4 nitrogen and oxygen atoms in total. The summed E-state index contributed by atoms with van der Waals surface area (Å²) in [4.78, 5) is 10.7. The minimum atomic E-state index is -3.05. The summed E-state index contributed by atoms with van der Waals surface area (Å²) in [6.45, 7) is 4.73. The third kappa shape index (κ3) is 3.41. The highest BCUT2D eigenvalue weighted by Crippen LogP contribution is 2.20. The highest BCUT2D eigenvalue weighted by molar-refractivity contribution is 7.25. The molecule has 0 spiro atoms. The van der Waals surface area contributed by atoms with Gasteiger partial charge < -0.3 is 4.52 Å². The maximum absolute atomic E-state index is 10.7. The Bertz CT molecular complexity index is 190. The van der Waals surface area contributed by atoms with Gasteiger partial charge in [-0.1, -0.05) is 0 Å². The van der Waals surface area contributed by atoms with Gasteiger partial charge >= 0.3 is 13.9 Å². The second-order valence-electron chi connectivity index (χ2n) is 2.85. The summed E-state index contributed by atoms with van der Waals surface area (Å²) in [6.07, 6.45) is 0. The van der Waals surface area contributed by atoms with Crippen LogP contribution in [0.5, 0.6) is 0 Å². The monoisotopic (exact) mass is 164 g/mol. The molecule has 0 atom stereocenters. The first-order chi connectivity index (χ1) is 4.34. The predicted molar refractivity (Wildman–Crippen MR) is 33.8 cm³/mol. The van der Waals surface area contributed by atoms with Crippen molar-refractivity contribution in [2.45, 2.75) is 20.8 Å². The largest absolute Gasteiger partial charge is 0.531 e. The van der Waals surface area contributed by atoms with Crippen LogP contribution in [0.2, 0.25) is 0 Å². The zero-order valence-electron chi connectivity index (χ0n) is 6.08. The van der Waals surface area contributed by atoms with Crippen LogP contribution < -0.4 is 0 Å². The van der Waals surface area contributed by atoms with Gasteiger partial charge in [-0.25, -0.2) is 0 Å². The number of hydrogen-bond donors (Lipinski definition) is 0. The summed E-state index contributed by atoms with van der Waals surface area (Å²) >= 11 is 0. The zero-order chi connectivity index (χ0) is 8.36. The predicted octanol–water partition coefficient (Wildman–Crippen LogP) is 1.66. The molecule has 0 fully saturated rings. The fourth-order valence-corrected chi connectivity index (χ4v) is 0.614. The molecule has 0 saturated carbocycles. The molecule has 0 bridgehead atoms. The molecule has 0 heterocycles. The minimum Gasteiger partial charge on any atom is -0.351 e. The summed E-state index contributed by atoms with van der Waals surface area (Å²) in [5.41, 5.74) is -0.755. The van der Waals surface area contributed by atoms with E-state index in [2.05, 4.69) is 4.52 Å². The summed E-state index contributed by atoms with van der Waals surface area (Å²) < 4.78 is 23.6. The van der Waals surface area contributed by atoms with Gasteiger partial charge in [-0.05, 0) is 20.8 Å². The maximum Gasteiger partial charge on any atom is 0.531 e. The Hall–Kier alpha value is -0.630. The summed E-state index contributed by atoms with van der Waals surface area (Å²) in [5, 5.41) is 0. The van der Waals surface area contributed by atoms with E-state index in [1.165, 1.54) is 0 Å². The molecule has 0 rings (SSSR count). The van der Waals surface area contributed by atoms with Crippen LogP contribution >= 0.6 is 7.91 Å². The lowest BCUT2D eigenvalue weighted by molar-refractivity contribution is -0.142. The fourth-order valence-electron chi connectivity index (χ4n) is 0.205. The van der Waals surface area contributed by atoms with Crippen LogP contribution in [0.3, 0.4) is 0 Å². The molecule has 58 valence electrons. The first-order valence-electron chi connectivity index (χ1n) is 2.71.